The van der Waals surface area contributed by atoms with Crippen LogP contribution in [0.4, 0.5) is 0 Å². The molecular formula is C18H20O3. The Bertz CT molecular complexity index is 602. The lowest BCUT2D eigenvalue weighted by molar-refractivity contribution is -0.139. The van der Waals surface area contributed by atoms with Crippen molar-refractivity contribution in [2.45, 2.75) is 26.2 Å². The van der Waals surface area contributed by atoms with Crippen molar-refractivity contribution in [1.29, 1.82) is 0 Å². The minimum absolute atomic E-state index is 0.383. The molecule has 1 N–H and O–H groups in total. The maximum atomic E-state index is 11.4. The summed E-state index contributed by atoms with van der Waals surface area (Å²) in [5.74, 6) is -0.565. The molecule has 0 fully saturated rings. The lowest BCUT2D eigenvalue weighted by atomic mass is 9.95. The van der Waals surface area contributed by atoms with Crippen molar-refractivity contribution >= 4 is 5.97 Å². The number of ether oxygens (including phenoxy) is 1. The van der Waals surface area contributed by atoms with Crippen LogP contribution >= 0.6 is 0 Å². The van der Waals surface area contributed by atoms with Crippen LogP contribution in [-0.4, -0.2) is 17.7 Å². The lowest BCUT2D eigenvalue weighted by Crippen LogP contribution is -2.15. The standard InChI is InChI=1S/C18H20O3/c1-13-6-8-15(9-7-13)17(18(19)20)10-11-21-16-5-3-4-14(2)12-16/h3-9,12,17H,10-11H2,1-2H3,(H,19,20). The van der Waals surface area contributed by atoms with E-state index in [1.165, 1.54) is 0 Å². The monoisotopic (exact) mass is 284 g/mol. The highest BCUT2D eigenvalue weighted by atomic mass is 16.5. The summed E-state index contributed by atoms with van der Waals surface area (Å²) >= 11 is 0. The van der Waals surface area contributed by atoms with Crippen LogP contribution in [0.3, 0.4) is 0 Å². The van der Waals surface area contributed by atoms with Crippen molar-refractivity contribution in [2.24, 2.45) is 0 Å². The molecule has 1 unspecified atom stereocenters. The molecule has 0 saturated carbocycles. The maximum absolute atomic E-state index is 11.4. The number of rotatable bonds is 6. The van der Waals surface area contributed by atoms with Gasteiger partial charge in [0.15, 0.2) is 0 Å². The summed E-state index contributed by atoms with van der Waals surface area (Å²) in [4.78, 5) is 11.4. The number of carboxylic acid groups (broad SMARTS) is 1. The number of carboxylic acids is 1. The van der Waals surface area contributed by atoms with Crippen LogP contribution in [0, 0.1) is 13.8 Å². The molecule has 0 aromatic heterocycles. The second kappa shape index (κ2) is 6.93. The normalized spacial score (nSPS) is 11.9. The Hall–Kier alpha value is -2.29. The highest BCUT2D eigenvalue weighted by Crippen LogP contribution is 2.21. The number of hydrogen-bond donors (Lipinski definition) is 1. The molecule has 21 heavy (non-hydrogen) atoms. The molecule has 0 spiro atoms. The molecule has 2 aromatic carbocycles. The molecule has 0 bridgehead atoms. The van der Waals surface area contributed by atoms with Gasteiger partial charge in [-0.2, -0.15) is 0 Å². The summed E-state index contributed by atoms with van der Waals surface area (Å²) in [6.07, 6.45) is 0.451. The lowest BCUT2D eigenvalue weighted by Gasteiger charge is -2.14. The zero-order valence-corrected chi connectivity index (χ0v) is 12.4. The number of aliphatic carboxylic acids is 1. The average molecular weight is 284 g/mol. The minimum atomic E-state index is -0.813. The summed E-state index contributed by atoms with van der Waals surface area (Å²) in [6.45, 7) is 4.37. The Balaban J connectivity index is 1.98. The topological polar surface area (TPSA) is 46.5 Å². The highest BCUT2D eigenvalue weighted by Gasteiger charge is 2.19. The smallest absolute Gasteiger partial charge is 0.311 e. The fourth-order valence-electron chi connectivity index (χ4n) is 2.23. The van der Waals surface area contributed by atoms with Crippen molar-refractivity contribution in [3.63, 3.8) is 0 Å². The molecule has 0 aliphatic rings. The summed E-state index contributed by atoms with van der Waals surface area (Å²) in [5.41, 5.74) is 3.07. The zero-order valence-electron chi connectivity index (χ0n) is 12.4. The van der Waals surface area contributed by atoms with E-state index in [0.717, 1.165) is 22.4 Å². The maximum Gasteiger partial charge on any atom is 0.311 e. The fourth-order valence-corrected chi connectivity index (χ4v) is 2.23. The molecule has 2 rings (SSSR count). The van der Waals surface area contributed by atoms with Crippen LogP contribution in [0.5, 0.6) is 5.75 Å². The van der Waals surface area contributed by atoms with Gasteiger partial charge in [-0.1, -0.05) is 42.0 Å². The number of carbonyl (C=O) groups is 1. The fraction of sp³-hybridized carbons (Fsp3) is 0.278. The van der Waals surface area contributed by atoms with Gasteiger partial charge in [-0.25, -0.2) is 0 Å². The average Bonchev–Trinajstić information content (AvgIpc) is 2.45. The SMILES string of the molecule is Cc1ccc(C(CCOc2cccc(C)c2)C(=O)O)cc1. The molecule has 1 atom stereocenters. The zero-order chi connectivity index (χ0) is 15.2. The molecule has 0 radical (unpaired) electrons. The van der Waals surface area contributed by atoms with E-state index in [0.29, 0.717) is 13.0 Å². The van der Waals surface area contributed by atoms with Gasteiger partial charge in [-0.05, 0) is 43.5 Å². The van der Waals surface area contributed by atoms with Gasteiger partial charge in [-0.3, -0.25) is 4.79 Å². The van der Waals surface area contributed by atoms with Crippen LogP contribution in [0.2, 0.25) is 0 Å². The van der Waals surface area contributed by atoms with Gasteiger partial charge < -0.3 is 9.84 Å². The van der Waals surface area contributed by atoms with E-state index >= 15 is 0 Å². The number of hydrogen-bond acceptors (Lipinski definition) is 2. The van der Waals surface area contributed by atoms with Gasteiger partial charge >= 0.3 is 5.97 Å². The van der Waals surface area contributed by atoms with Gasteiger partial charge in [-0.15, -0.1) is 0 Å². The van der Waals surface area contributed by atoms with Crippen LogP contribution in [0.25, 0.3) is 0 Å². The Morgan fingerprint density at radius 1 is 1.10 bits per heavy atom. The van der Waals surface area contributed by atoms with E-state index in [-0.39, 0.29) is 0 Å². The third kappa shape index (κ3) is 4.35. The van der Waals surface area contributed by atoms with Gasteiger partial charge in [0.25, 0.3) is 0 Å². The second-order valence-corrected chi connectivity index (χ2v) is 5.26. The first kappa shape index (κ1) is 15.1. The molecular weight excluding hydrogens is 264 g/mol. The van der Waals surface area contributed by atoms with E-state index < -0.39 is 11.9 Å². The number of aryl methyl sites for hydroxylation is 2. The predicted molar refractivity (Wildman–Crippen MR) is 82.8 cm³/mol. The first-order chi connectivity index (χ1) is 10.1. The first-order valence-electron chi connectivity index (χ1n) is 7.05. The van der Waals surface area contributed by atoms with Crippen LogP contribution < -0.4 is 4.74 Å². The first-order valence-corrected chi connectivity index (χ1v) is 7.05. The van der Waals surface area contributed by atoms with E-state index in [4.69, 9.17) is 4.74 Å². The van der Waals surface area contributed by atoms with Crippen molar-refractivity contribution in [2.75, 3.05) is 6.61 Å². The summed E-state index contributed by atoms with van der Waals surface area (Å²) in [6, 6.07) is 15.4. The van der Waals surface area contributed by atoms with Gasteiger partial charge in [0.1, 0.15) is 5.75 Å². The summed E-state index contributed by atoms with van der Waals surface area (Å²) in [5, 5.41) is 9.38. The molecule has 0 amide bonds. The Labute approximate surface area is 125 Å². The van der Waals surface area contributed by atoms with Crippen molar-refractivity contribution in [3.05, 3.63) is 65.2 Å². The molecule has 0 heterocycles. The molecule has 2 aromatic rings. The third-order valence-electron chi connectivity index (χ3n) is 3.44. The van der Waals surface area contributed by atoms with E-state index in [1.807, 2.05) is 62.4 Å². The van der Waals surface area contributed by atoms with Crippen LogP contribution in [-0.2, 0) is 4.79 Å². The van der Waals surface area contributed by atoms with Crippen molar-refractivity contribution < 1.29 is 14.6 Å². The van der Waals surface area contributed by atoms with E-state index in [1.54, 1.807) is 0 Å². The Morgan fingerprint density at radius 3 is 2.43 bits per heavy atom. The molecule has 110 valence electrons. The highest BCUT2D eigenvalue weighted by molar-refractivity contribution is 5.76. The Morgan fingerprint density at radius 2 is 1.81 bits per heavy atom. The van der Waals surface area contributed by atoms with Gasteiger partial charge in [0.2, 0.25) is 0 Å². The van der Waals surface area contributed by atoms with Crippen molar-refractivity contribution in [3.8, 4) is 5.75 Å². The third-order valence-corrected chi connectivity index (χ3v) is 3.44. The molecule has 3 heteroatoms. The van der Waals surface area contributed by atoms with Crippen molar-refractivity contribution in [1.82, 2.24) is 0 Å². The predicted octanol–water partition coefficient (Wildman–Crippen LogP) is 3.94. The van der Waals surface area contributed by atoms with Crippen LogP contribution in [0.15, 0.2) is 48.5 Å². The number of benzene rings is 2. The molecule has 0 aliphatic heterocycles. The quantitative estimate of drug-likeness (QED) is 0.874. The van der Waals surface area contributed by atoms with Gasteiger partial charge in [0, 0.05) is 0 Å². The molecule has 3 nitrogen and oxygen atoms in total. The van der Waals surface area contributed by atoms with Crippen LogP contribution in [0.1, 0.15) is 29.0 Å². The van der Waals surface area contributed by atoms with E-state index in [9.17, 15) is 9.90 Å². The second-order valence-electron chi connectivity index (χ2n) is 5.26. The summed E-state index contributed by atoms with van der Waals surface area (Å²) in [7, 11) is 0. The molecule has 0 aliphatic carbocycles. The largest absolute Gasteiger partial charge is 0.494 e. The van der Waals surface area contributed by atoms with E-state index in [2.05, 4.69) is 0 Å². The molecule has 0 saturated heterocycles. The van der Waals surface area contributed by atoms with Gasteiger partial charge in [0.05, 0.1) is 12.5 Å². The summed E-state index contributed by atoms with van der Waals surface area (Å²) < 4.78 is 5.65. The minimum Gasteiger partial charge on any atom is -0.494 e. The Kier molecular flexibility index (Phi) is 4.99.